The Hall–Kier alpha value is -1.35. The van der Waals surface area contributed by atoms with Gasteiger partial charge >= 0.3 is 0 Å². The van der Waals surface area contributed by atoms with Crippen LogP contribution in [0, 0.1) is 0 Å². The quantitative estimate of drug-likeness (QED) is 0.672. The molecule has 0 radical (unpaired) electrons. The maximum absolute atomic E-state index is 11.0. The molecule has 1 atom stereocenters. The first kappa shape index (κ1) is 8.26. The Morgan fingerprint density at radius 1 is 1.31 bits per heavy atom. The zero-order valence-electron chi connectivity index (χ0n) is 7.16. The maximum atomic E-state index is 11.0. The molecular formula is C10H11NO2. The van der Waals surface area contributed by atoms with E-state index in [1.807, 2.05) is 12.1 Å². The number of hydrogen-bond donors (Lipinski definition) is 2. The van der Waals surface area contributed by atoms with Gasteiger partial charge in [-0.3, -0.25) is 4.79 Å². The first-order valence-electron chi connectivity index (χ1n) is 4.30. The summed E-state index contributed by atoms with van der Waals surface area (Å²) in [6.07, 6.45) is 0.560. The third-order valence-electron chi connectivity index (χ3n) is 2.27. The molecule has 0 aliphatic carbocycles. The van der Waals surface area contributed by atoms with E-state index in [1.54, 1.807) is 12.1 Å². The van der Waals surface area contributed by atoms with Gasteiger partial charge in [-0.1, -0.05) is 12.1 Å². The summed E-state index contributed by atoms with van der Waals surface area (Å²) in [5.41, 5.74) is 1.06. The van der Waals surface area contributed by atoms with Crippen LogP contribution in [0.4, 0.5) is 0 Å². The van der Waals surface area contributed by atoms with Crippen LogP contribution in [0.5, 0.6) is 5.75 Å². The number of carbonyl (C=O) groups excluding carboxylic acids is 1. The Morgan fingerprint density at radius 2 is 2.00 bits per heavy atom. The van der Waals surface area contributed by atoms with E-state index in [0.29, 0.717) is 13.0 Å². The summed E-state index contributed by atoms with van der Waals surface area (Å²) in [6.45, 7) is 0.464. The molecule has 1 aromatic rings. The normalized spacial score (nSPS) is 22.2. The minimum absolute atomic E-state index is 0.132. The van der Waals surface area contributed by atoms with Gasteiger partial charge in [0.15, 0.2) is 0 Å². The molecule has 68 valence electrons. The molecule has 1 heterocycles. The average Bonchev–Trinajstić information content (AvgIpc) is 2.53. The number of carbonyl (C=O) groups is 1. The van der Waals surface area contributed by atoms with Crippen LogP contribution in [0.15, 0.2) is 24.3 Å². The van der Waals surface area contributed by atoms with Crippen molar-refractivity contribution in [3.63, 3.8) is 0 Å². The molecule has 1 unspecified atom stereocenters. The van der Waals surface area contributed by atoms with Crippen molar-refractivity contribution in [2.45, 2.75) is 12.5 Å². The SMILES string of the molecule is O=C1CNC(c2ccc(O)cc2)C1. The van der Waals surface area contributed by atoms with Gasteiger partial charge in [-0.25, -0.2) is 0 Å². The molecule has 2 rings (SSSR count). The standard InChI is InChI=1S/C10H11NO2/c12-8-3-1-7(2-4-8)10-5-9(13)6-11-10/h1-4,10-12H,5-6H2. The van der Waals surface area contributed by atoms with Gasteiger partial charge in [-0.05, 0) is 17.7 Å². The molecule has 1 fully saturated rings. The summed E-state index contributed by atoms with van der Waals surface area (Å²) in [7, 11) is 0. The number of benzene rings is 1. The van der Waals surface area contributed by atoms with Crippen molar-refractivity contribution in [2.75, 3.05) is 6.54 Å². The second-order valence-electron chi connectivity index (χ2n) is 3.27. The van der Waals surface area contributed by atoms with Crippen molar-refractivity contribution in [2.24, 2.45) is 0 Å². The molecule has 13 heavy (non-hydrogen) atoms. The summed E-state index contributed by atoms with van der Waals surface area (Å²) in [5, 5.41) is 12.2. The molecule has 1 aliphatic rings. The summed E-state index contributed by atoms with van der Waals surface area (Å²) in [6, 6.07) is 7.09. The average molecular weight is 177 g/mol. The molecule has 3 nitrogen and oxygen atoms in total. The highest BCUT2D eigenvalue weighted by Gasteiger charge is 2.22. The fraction of sp³-hybridized carbons (Fsp3) is 0.300. The van der Waals surface area contributed by atoms with Crippen LogP contribution < -0.4 is 5.32 Å². The Bertz CT molecular complexity index is 318. The zero-order chi connectivity index (χ0) is 9.26. The molecule has 2 N–H and O–H groups in total. The minimum atomic E-state index is 0.132. The van der Waals surface area contributed by atoms with Crippen molar-refractivity contribution < 1.29 is 9.90 Å². The Balaban J connectivity index is 2.17. The van der Waals surface area contributed by atoms with Gasteiger partial charge in [-0.2, -0.15) is 0 Å². The van der Waals surface area contributed by atoms with Crippen LogP contribution in [-0.2, 0) is 4.79 Å². The number of phenolic OH excluding ortho intramolecular Hbond substituents is 1. The molecule has 0 aromatic heterocycles. The smallest absolute Gasteiger partial charge is 0.148 e. The van der Waals surface area contributed by atoms with Crippen LogP contribution in [0.3, 0.4) is 0 Å². The molecule has 0 amide bonds. The maximum Gasteiger partial charge on any atom is 0.148 e. The van der Waals surface area contributed by atoms with E-state index in [0.717, 1.165) is 5.56 Å². The van der Waals surface area contributed by atoms with Gasteiger partial charge in [0.1, 0.15) is 11.5 Å². The second-order valence-corrected chi connectivity index (χ2v) is 3.27. The van der Waals surface area contributed by atoms with E-state index < -0.39 is 0 Å². The summed E-state index contributed by atoms with van der Waals surface area (Å²) in [5.74, 6) is 0.506. The topological polar surface area (TPSA) is 49.3 Å². The van der Waals surface area contributed by atoms with Gasteiger partial charge < -0.3 is 10.4 Å². The zero-order valence-corrected chi connectivity index (χ0v) is 7.16. The van der Waals surface area contributed by atoms with Crippen LogP contribution in [0.25, 0.3) is 0 Å². The predicted molar refractivity (Wildman–Crippen MR) is 48.5 cm³/mol. The lowest BCUT2D eigenvalue weighted by molar-refractivity contribution is -0.116. The highest BCUT2D eigenvalue weighted by atomic mass is 16.3. The number of aromatic hydroxyl groups is 1. The molecule has 1 aromatic carbocycles. The number of rotatable bonds is 1. The van der Waals surface area contributed by atoms with E-state index >= 15 is 0 Å². The number of hydrogen-bond acceptors (Lipinski definition) is 3. The van der Waals surface area contributed by atoms with Gasteiger partial charge in [0.2, 0.25) is 0 Å². The Morgan fingerprint density at radius 3 is 2.54 bits per heavy atom. The molecule has 0 bridgehead atoms. The van der Waals surface area contributed by atoms with Crippen LogP contribution in [-0.4, -0.2) is 17.4 Å². The number of Topliss-reactive ketones (excluding diaryl/α,β-unsaturated/α-hetero) is 1. The summed E-state index contributed by atoms with van der Waals surface area (Å²) >= 11 is 0. The van der Waals surface area contributed by atoms with E-state index in [-0.39, 0.29) is 17.6 Å². The first-order valence-corrected chi connectivity index (χ1v) is 4.30. The van der Waals surface area contributed by atoms with E-state index in [1.165, 1.54) is 0 Å². The number of ketones is 1. The molecule has 0 spiro atoms. The highest BCUT2D eigenvalue weighted by molar-refractivity contribution is 5.83. The number of nitrogens with one attached hydrogen (secondary N) is 1. The number of phenols is 1. The lowest BCUT2D eigenvalue weighted by Crippen LogP contribution is -2.13. The molecule has 1 aliphatic heterocycles. The van der Waals surface area contributed by atoms with Gasteiger partial charge in [0.25, 0.3) is 0 Å². The third-order valence-corrected chi connectivity index (χ3v) is 2.27. The first-order chi connectivity index (χ1) is 6.25. The minimum Gasteiger partial charge on any atom is -0.508 e. The molecular weight excluding hydrogens is 166 g/mol. The highest BCUT2D eigenvalue weighted by Crippen LogP contribution is 2.22. The fourth-order valence-electron chi connectivity index (χ4n) is 1.55. The summed E-state index contributed by atoms with van der Waals surface area (Å²) in [4.78, 5) is 11.0. The molecule has 0 saturated carbocycles. The van der Waals surface area contributed by atoms with E-state index in [4.69, 9.17) is 5.11 Å². The fourth-order valence-corrected chi connectivity index (χ4v) is 1.55. The van der Waals surface area contributed by atoms with Crippen LogP contribution >= 0.6 is 0 Å². The predicted octanol–water partition coefficient (Wildman–Crippen LogP) is 0.996. The van der Waals surface area contributed by atoms with Crippen molar-refractivity contribution >= 4 is 5.78 Å². The summed E-state index contributed by atoms with van der Waals surface area (Å²) < 4.78 is 0. The van der Waals surface area contributed by atoms with E-state index in [2.05, 4.69) is 5.32 Å². The van der Waals surface area contributed by atoms with E-state index in [9.17, 15) is 4.79 Å². The van der Waals surface area contributed by atoms with Crippen molar-refractivity contribution in [1.82, 2.24) is 5.32 Å². The monoisotopic (exact) mass is 177 g/mol. The van der Waals surface area contributed by atoms with Crippen LogP contribution in [0.1, 0.15) is 18.0 Å². The van der Waals surface area contributed by atoms with Gasteiger partial charge in [0.05, 0.1) is 6.54 Å². The van der Waals surface area contributed by atoms with Crippen molar-refractivity contribution in [1.29, 1.82) is 0 Å². The lowest BCUT2D eigenvalue weighted by atomic mass is 10.1. The van der Waals surface area contributed by atoms with Crippen molar-refractivity contribution in [3.8, 4) is 5.75 Å². The molecule has 3 heteroatoms. The Labute approximate surface area is 76.4 Å². The Kier molecular flexibility index (Phi) is 2.02. The molecule has 1 saturated heterocycles. The largest absolute Gasteiger partial charge is 0.508 e. The van der Waals surface area contributed by atoms with Crippen molar-refractivity contribution in [3.05, 3.63) is 29.8 Å². The third kappa shape index (κ3) is 1.70. The van der Waals surface area contributed by atoms with Crippen LogP contribution in [0.2, 0.25) is 0 Å². The van der Waals surface area contributed by atoms with Gasteiger partial charge in [-0.15, -0.1) is 0 Å². The lowest BCUT2D eigenvalue weighted by Gasteiger charge is -2.08. The van der Waals surface area contributed by atoms with Gasteiger partial charge in [0, 0.05) is 12.5 Å². The second kappa shape index (κ2) is 3.18.